The van der Waals surface area contributed by atoms with Gasteiger partial charge in [0.25, 0.3) is 0 Å². The molecule has 5 heteroatoms. The van der Waals surface area contributed by atoms with E-state index in [-0.39, 0.29) is 0 Å². The molecule has 0 rings (SSSR count). The van der Waals surface area contributed by atoms with Gasteiger partial charge in [-0.05, 0) is 26.1 Å². The lowest BCUT2D eigenvalue weighted by atomic mass is 10.2. The van der Waals surface area contributed by atoms with Gasteiger partial charge in [0.05, 0.1) is 0 Å². The van der Waals surface area contributed by atoms with E-state index in [9.17, 15) is 9.59 Å². The minimum absolute atomic E-state index is 0.353. The van der Waals surface area contributed by atoms with Crippen molar-refractivity contribution in [2.75, 3.05) is 13.6 Å². The molecule has 0 saturated carbocycles. The largest absolute Gasteiger partial charge is 0.480 e. The van der Waals surface area contributed by atoms with Gasteiger partial charge in [-0.25, -0.2) is 4.79 Å². The maximum absolute atomic E-state index is 10.8. The van der Waals surface area contributed by atoms with Gasteiger partial charge >= 0.3 is 5.97 Å². The van der Waals surface area contributed by atoms with Crippen molar-refractivity contribution in [2.24, 2.45) is 0 Å². The zero-order chi connectivity index (χ0) is 10.3. The molecular weight excluding hydrogens is 172 g/mol. The van der Waals surface area contributed by atoms with Crippen molar-refractivity contribution in [1.82, 2.24) is 10.6 Å². The Morgan fingerprint density at radius 1 is 1.62 bits per heavy atom. The maximum atomic E-state index is 10.8. The van der Waals surface area contributed by atoms with Crippen LogP contribution in [0.15, 0.2) is 12.7 Å². The Bertz CT molecular complexity index is 204. The lowest BCUT2D eigenvalue weighted by Crippen LogP contribution is -2.41. The number of carbonyl (C=O) groups is 2. The van der Waals surface area contributed by atoms with E-state index in [1.165, 1.54) is 0 Å². The van der Waals surface area contributed by atoms with Crippen LogP contribution in [0.2, 0.25) is 0 Å². The highest BCUT2D eigenvalue weighted by atomic mass is 16.4. The third kappa shape index (κ3) is 4.97. The normalized spacial score (nSPS) is 11.8. The second kappa shape index (κ2) is 6.19. The smallest absolute Gasteiger partial charge is 0.326 e. The summed E-state index contributed by atoms with van der Waals surface area (Å²) in [4.78, 5) is 21.4. The minimum atomic E-state index is -1.04. The lowest BCUT2D eigenvalue weighted by Gasteiger charge is -2.12. The van der Waals surface area contributed by atoms with E-state index in [2.05, 4.69) is 17.2 Å². The van der Waals surface area contributed by atoms with Crippen LogP contribution in [0.5, 0.6) is 0 Å². The molecule has 0 aliphatic heterocycles. The SMILES string of the molecule is C=CC(=O)NC(CCNC)C(=O)O. The van der Waals surface area contributed by atoms with E-state index in [1.807, 2.05) is 0 Å². The van der Waals surface area contributed by atoms with E-state index in [4.69, 9.17) is 5.11 Å². The first-order chi connectivity index (χ1) is 6.11. The van der Waals surface area contributed by atoms with Gasteiger partial charge in [0, 0.05) is 0 Å². The number of nitrogens with one attached hydrogen (secondary N) is 2. The number of carboxylic acid groups (broad SMARTS) is 1. The highest BCUT2D eigenvalue weighted by Crippen LogP contribution is 1.91. The van der Waals surface area contributed by atoms with E-state index in [0.717, 1.165) is 6.08 Å². The quantitative estimate of drug-likeness (QED) is 0.482. The second-order valence-electron chi connectivity index (χ2n) is 2.50. The zero-order valence-corrected chi connectivity index (χ0v) is 7.54. The molecule has 0 aromatic carbocycles. The molecule has 0 aromatic heterocycles. The minimum Gasteiger partial charge on any atom is -0.480 e. The summed E-state index contributed by atoms with van der Waals surface area (Å²) in [5.41, 5.74) is 0. The number of rotatable bonds is 6. The van der Waals surface area contributed by atoms with Crippen LogP contribution in [0.4, 0.5) is 0 Å². The number of hydrogen-bond acceptors (Lipinski definition) is 3. The van der Waals surface area contributed by atoms with Crippen molar-refractivity contribution in [3.8, 4) is 0 Å². The van der Waals surface area contributed by atoms with Crippen molar-refractivity contribution < 1.29 is 14.7 Å². The van der Waals surface area contributed by atoms with E-state index < -0.39 is 17.9 Å². The molecular formula is C8H14N2O3. The van der Waals surface area contributed by atoms with Crippen molar-refractivity contribution >= 4 is 11.9 Å². The summed E-state index contributed by atoms with van der Waals surface area (Å²) in [7, 11) is 1.72. The Balaban J connectivity index is 4.01. The molecule has 1 atom stereocenters. The van der Waals surface area contributed by atoms with Crippen LogP contribution in [0, 0.1) is 0 Å². The van der Waals surface area contributed by atoms with Gasteiger partial charge in [0.1, 0.15) is 6.04 Å². The second-order valence-corrected chi connectivity index (χ2v) is 2.50. The standard InChI is InChI=1S/C8H14N2O3/c1-3-7(11)10-6(8(12)13)4-5-9-2/h3,6,9H,1,4-5H2,2H3,(H,10,11)(H,12,13). The van der Waals surface area contributed by atoms with Gasteiger partial charge < -0.3 is 15.7 Å². The molecule has 3 N–H and O–H groups in total. The molecule has 0 spiro atoms. The van der Waals surface area contributed by atoms with Gasteiger partial charge in [-0.3, -0.25) is 4.79 Å². The molecule has 1 amide bonds. The Kier molecular flexibility index (Phi) is 5.54. The van der Waals surface area contributed by atoms with Crippen LogP contribution in [0.1, 0.15) is 6.42 Å². The van der Waals surface area contributed by atoms with Crippen molar-refractivity contribution in [1.29, 1.82) is 0 Å². The zero-order valence-electron chi connectivity index (χ0n) is 7.54. The number of aliphatic carboxylic acids is 1. The summed E-state index contributed by atoms with van der Waals surface area (Å²) in [5, 5.41) is 13.8. The first kappa shape index (κ1) is 11.6. The molecule has 0 bridgehead atoms. The average Bonchev–Trinajstić information content (AvgIpc) is 2.11. The monoisotopic (exact) mass is 186 g/mol. The van der Waals surface area contributed by atoms with Crippen molar-refractivity contribution in [2.45, 2.75) is 12.5 Å². The third-order valence-electron chi connectivity index (χ3n) is 1.48. The van der Waals surface area contributed by atoms with Crippen LogP contribution >= 0.6 is 0 Å². The first-order valence-corrected chi connectivity index (χ1v) is 3.92. The summed E-state index contributed by atoms with van der Waals surface area (Å²) in [6.45, 7) is 3.77. The predicted octanol–water partition coefficient (Wildman–Crippen LogP) is -0.649. The molecule has 0 fully saturated rings. The number of amides is 1. The summed E-state index contributed by atoms with van der Waals surface area (Å²) >= 11 is 0. The number of carbonyl (C=O) groups excluding carboxylic acids is 1. The van der Waals surface area contributed by atoms with Crippen molar-refractivity contribution in [3.63, 3.8) is 0 Å². The molecule has 0 saturated heterocycles. The molecule has 0 aromatic rings. The molecule has 13 heavy (non-hydrogen) atoms. The van der Waals surface area contributed by atoms with Crippen LogP contribution in [0.25, 0.3) is 0 Å². The van der Waals surface area contributed by atoms with Crippen LogP contribution in [-0.2, 0) is 9.59 Å². The summed E-state index contributed by atoms with van der Waals surface area (Å²) in [5.74, 6) is -1.51. The third-order valence-corrected chi connectivity index (χ3v) is 1.48. The molecule has 0 heterocycles. The van der Waals surface area contributed by atoms with Crippen LogP contribution in [-0.4, -0.2) is 36.6 Å². The number of carboxylic acids is 1. The number of hydrogen-bond donors (Lipinski definition) is 3. The van der Waals surface area contributed by atoms with Crippen LogP contribution < -0.4 is 10.6 Å². The van der Waals surface area contributed by atoms with E-state index >= 15 is 0 Å². The van der Waals surface area contributed by atoms with Crippen molar-refractivity contribution in [3.05, 3.63) is 12.7 Å². The molecule has 0 aliphatic rings. The maximum Gasteiger partial charge on any atom is 0.326 e. The molecule has 5 nitrogen and oxygen atoms in total. The van der Waals surface area contributed by atoms with E-state index in [0.29, 0.717) is 13.0 Å². The summed E-state index contributed by atoms with van der Waals surface area (Å²) < 4.78 is 0. The van der Waals surface area contributed by atoms with E-state index in [1.54, 1.807) is 7.05 Å². The highest BCUT2D eigenvalue weighted by Gasteiger charge is 2.17. The fraction of sp³-hybridized carbons (Fsp3) is 0.500. The highest BCUT2D eigenvalue weighted by molar-refractivity contribution is 5.90. The van der Waals surface area contributed by atoms with Gasteiger partial charge in [0.15, 0.2) is 0 Å². The molecule has 0 aliphatic carbocycles. The first-order valence-electron chi connectivity index (χ1n) is 3.92. The van der Waals surface area contributed by atoms with Gasteiger partial charge in [-0.15, -0.1) is 0 Å². The summed E-state index contributed by atoms with van der Waals surface area (Å²) in [6, 6.07) is -0.849. The predicted molar refractivity (Wildman–Crippen MR) is 48.3 cm³/mol. The average molecular weight is 186 g/mol. The Hall–Kier alpha value is -1.36. The fourth-order valence-electron chi connectivity index (χ4n) is 0.777. The summed E-state index contributed by atoms with van der Waals surface area (Å²) in [6.07, 6.45) is 1.40. The molecule has 0 radical (unpaired) electrons. The fourth-order valence-corrected chi connectivity index (χ4v) is 0.777. The topological polar surface area (TPSA) is 78.4 Å². The van der Waals surface area contributed by atoms with Gasteiger partial charge in [0.2, 0.25) is 5.91 Å². The molecule has 74 valence electrons. The Labute approximate surface area is 76.8 Å². The molecule has 1 unspecified atom stereocenters. The van der Waals surface area contributed by atoms with Crippen LogP contribution in [0.3, 0.4) is 0 Å². The van der Waals surface area contributed by atoms with Gasteiger partial charge in [-0.2, -0.15) is 0 Å². The van der Waals surface area contributed by atoms with Gasteiger partial charge in [-0.1, -0.05) is 6.58 Å². The Morgan fingerprint density at radius 3 is 2.62 bits per heavy atom. The lowest BCUT2D eigenvalue weighted by molar-refractivity contribution is -0.141. The Morgan fingerprint density at radius 2 is 2.23 bits per heavy atom.